The van der Waals surface area contributed by atoms with Crippen molar-refractivity contribution in [2.75, 3.05) is 13.2 Å². The van der Waals surface area contributed by atoms with E-state index in [1.807, 2.05) is 12.1 Å². The highest BCUT2D eigenvalue weighted by Crippen LogP contribution is 2.37. The summed E-state index contributed by atoms with van der Waals surface area (Å²) in [5, 5.41) is 59.9. The standard InChI is InChI=1S/C22H23ClO7/c23-17-8-7-16(22(29)21(28)20(27)19(26)18(12-25)30-22)11-15(17)10-14-5-3-13(4-6-14)2-1-9-24/h3-8,11,18-21,24-29H,9-10,12H2/t18-,19-,20+,21-,22-/m1/s1. The van der Waals surface area contributed by atoms with Crippen molar-refractivity contribution in [3.05, 3.63) is 69.7 Å². The van der Waals surface area contributed by atoms with Gasteiger partial charge in [-0.1, -0.05) is 41.6 Å². The van der Waals surface area contributed by atoms with Crippen molar-refractivity contribution in [3.63, 3.8) is 0 Å². The number of halogens is 1. The molecule has 1 aliphatic heterocycles. The minimum Gasteiger partial charge on any atom is -0.394 e. The van der Waals surface area contributed by atoms with Gasteiger partial charge in [0.05, 0.1) is 6.61 Å². The molecule has 6 N–H and O–H groups in total. The molecule has 0 spiro atoms. The SMILES string of the molecule is OCC#Cc1ccc(Cc2cc([C@@]3(O)O[C@H](CO)[C@@H](O)[C@H](O)[C@H]3O)ccc2Cl)cc1. The van der Waals surface area contributed by atoms with E-state index in [0.29, 0.717) is 17.0 Å². The third kappa shape index (κ3) is 4.52. The first kappa shape index (κ1) is 22.7. The maximum atomic E-state index is 11.0. The maximum absolute atomic E-state index is 11.0. The lowest BCUT2D eigenvalue weighted by Crippen LogP contribution is -2.63. The van der Waals surface area contributed by atoms with Crippen LogP contribution in [0.1, 0.15) is 22.3 Å². The van der Waals surface area contributed by atoms with Crippen molar-refractivity contribution in [3.8, 4) is 11.8 Å². The molecule has 2 aromatic carbocycles. The van der Waals surface area contributed by atoms with E-state index in [0.717, 1.165) is 11.1 Å². The van der Waals surface area contributed by atoms with Crippen LogP contribution < -0.4 is 0 Å². The van der Waals surface area contributed by atoms with Gasteiger partial charge in [0.15, 0.2) is 0 Å². The number of aliphatic hydroxyl groups excluding tert-OH is 5. The molecule has 3 rings (SSSR count). The highest BCUT2D eigenvalue weighted by atomic mass is 35.5. The van der Waals surface area contributed by atoms with Gasteiger partial charge in [-0.3, -0.25) is 0 Å². The average molecular weight is 435 g/mol. The van der Waals surface area contributed by atoms with Crippen molar-refractivity contribution in [1.29, 1.82) is 0 Å². The Kier molecular flexibility index (Phi) is 7.14. The summed E-state index contributed by atoms with van der Waals surface area (Å²) in [7, 11) is 0. The minimum atomic E-state index is -2.34. The van der Waals surface area contributed by atoms with Crippen molar-refractivity contribution in [2.45, 2.75) is 36.6 Å². The summed E-state index contributed by atoms with van der Waals surface area (Å²) in [6.07, 6.45) is -5.98. The van der Waals surface area contributed by atoms with Crippen LogP contribution in [0.4, 0.5) is 0 Å². The van der Waals surface area contributed by atoms with E-state index in [9.17, 15) is 25.5 Å². The second-order valence-electron chi connectivity index (χ2n) is 7.10. The Morgan fingerprint density at radius 1 is 1.00 bits per heavy atom. The van der Waals surface area contributed by atoms with E-state index >= 15 is 0 Å². The lowest BCUT2D eigenvalue weighted by Gasteiger charge is -2.45. The number of ether oxygens (including phenoxy) is 1. The second kappa shape index (κ2) is 9.43. The molecule has 0 bridgehead atoms. The smallest absolute Gasteiger partial charge is 0.222 e. The topological polar surface area (TPSA) is 131 Å². The molecule has 0 radical (unpaired) electrons. The fourth-order valence-electron chi connectivity index (χ4n) is 3.39. The Bertz CT molecular complexity index is 935. The molecule has 0 saturated carbocycles. The molecular formula is C22H23ClO7. The first-order valence-corrected chi connectivity index (χ1v) is 9.70. The number of rotatable bonds is 4. The number of hydrogen-bond acceptors (Lipinski definition) is 7. The van der Waals surface area contributed by atoms with E-state index in [-0.39, 0.29) is 12.2 Å². The summed E-state index contributed by atoms with van der Waals surface area (Å²) in [5.41, 5.74) is 2.42. The highest BCUT2D eigenvalue weighted by molar-refractivity contribution is 6.31. The van der Waals surface area contributed by atoms with Gasteiger partial charge in [-0.05, 0) is 41.8 Å². The van der Waals surface area contributed by atoms with Crippen LogP contribution in [0, 0.1) is 11.8 Å². The molecule has 30 heavy (non-hydrogen) atoms. The van der Waals surface area contributed by atoms with E-state index < -0.39 is 36.8 Å². The summed E-state index contributed by atoms with van der Waals surface area (Å²) in [6.45, 7) is -0.872. The van der Waals surface area contributed by atoms with Gasteiger partial charge in [0, 0.05) is 16.1 Å². The van der Waals surface area contributed by atoms with Gasteiger partial charge in [-0.2, -0.15) is 0 Å². The quantitative estimate of drug-likeness (QED) is 0.370. The van der Waals surface area contributed by atoms with E-state index in [2.05, 4.69) is 11.8 Å². The van der Waals surface area contributed by atoms with E-state index in [4.69, 9.17) is 21.4 Å². The lowest BCUT2D eigenvalue weighted by atomic mass is 9.87. The van der Waals surface area contributed by atoms with Crippen LogP contribution in [0.2, 0.25) is 5.02 Å². The first-order valence-electron chi connectivity index (χ1n) is 9.33. The molecule has 160 valence electrons. The molecule has 8 heteroatoms. The fraction of sp³-hybridized carbons (Fsp3) is 0.364. The third-order valence-corrected chi connectivity index (χ3v) is 5.45. The lowest BCUT2D eigenvalue weighted by molar-refractivity contribution is -0.357. The van der Waals surface area contributed by atoms with Crippen LogP contribution in [0.25, 0.3) is 0 Å². The summed E-state index contributed by atoms with van der Waals surface area (Å²) in [5.74, 6) is 3.04. The second-order valence-corrected chi connectivity index (χ2v) is 7.51. The molecule has 0 aliphatic carbocycles. The zero-order chi connectivity index (χ0) is 21.9. The van der Waals surface area contributed by atoms with E-state index in [1.165, 1.54) is 12.1 Å². The predicted octanol–water partition coefficient (Wildman–Crippen LogP) is -0.107. The first-order chi connectivity index (χ1) is 14.3. The van der Waals surface area contributed by atoms with Crippen molar-refractivity contribution in [2.24, 2.45) is 0 Å². The van der Waals surface area contributed by atoms with Gasteiger partial charge < -0.3 is 35.4 Å². The third-order valence-electron chi connectivity index (χ3n) is 5.09. The summed E-state index contributed by atoms with van der Waals surface area (Å²) in [4.78, 5) is 0. The van der Waals surface area contributed by atoms with Gasteiger partial charge in [0.2, 0.25) is 5.79 Å². The number of aliphatic hydroxyl groups is 6. The Hall–Kier alpha value is -1.99. The highest BCUT2D eigenvalue weighted by Gasteiger charge is 2.53. The zero-order valence-corrected chi connectivity index (χ0v) is 16.7. The average Bonchev–Trinajstić information content (AvgIpc) is 2.75. The molecule has 1 aliphatic rings. The Morgan fingerprint density at radius 3 is 2.33 bits per heavy atom. The van der Waals surface area contributed by atoms with Crippen LogP contribution in [0.3, 0.4) is 0 Å². The number of benzene rings is 2. The molecule has 2 aromatic rings. The summed E-state index contributed by atoms with van der Waals surface area (Å²) < 4.78 is 5.37. The van der Waals surface area contributed by atoms with Crippen LogP contribution in [0.5, 0.6) is 0 Å². The summed E-state index contributed by atoms with van der Waals surface area (Å²) >= 11 is 6.31. The van der Waals surface area contributed by atoms with Crippen LogP contribution in [-0.2, 0) is 16.9 Å². The van der Waals surface area contributed by atoms with E-state index in [1.54, 1.807) is 18.2 Å². The van der Waals surface area contributed by atoms with Gasteiger partial charge in [-0.25, -0.2) is 0 Å². The van der Waals surface area contributed by atoms with Crippen LogP contribution in [-0.4, -0.2) is 68.3 Å². The van der Waals surface area contributed by atoms with Gasteiger partial charge in [0.25, 0.3) is 0 Å². The zero-order valence-electron chi connectivity index (χ0n) is 15.9. The van der Waals surface area contributed by atoms with Gasteiger partial charge >= 0.3 is 0 Å². The maximum Gasteiger partial charge on any atom is 0.222 e. The molecule has 0 aromatic heterocycles. The Labute approximate surface area is 178 Å². The van der Waals surface area contributed by atoms with Crippen LogP contribution in [0.15, 0.2) is 42.5 Å². The number of hydrogen-bond donors (Lipinski definition) is 6. The van der Waals surface area contributed by atoms with Crippen molar-refractivity contribution >= 4 is 11.6 Å². The molecule has 7 nitrogen and oxygen atoms in total. The minimum absolute atomic E-state index is 0.129. The molecule has 0 amide bonds. The molecule has 1 saturated heterocycles. The van der Waals surface area contributed by atoms with Gasteiger partial charge in [-0.15, -0.1) is 0 Å². The largest absolute Gasteiger partial charge is 0.394 e. The van der Waals surface area contributed by atoms with Crippen molar-refractivity contribution < 1.29 is 35.4 Å². The molecule has 5 atom stereocenters. The fourth-order valence-corrected chi connectivity index (χ4v) is 3.58. The Morgan fingerprint density at radius 2 is 1.70 bits per heavy atom. The van der Waals surface area contributed by atoms with Gasteiger partial charge in [0.1, 0.15) is 31.0 Å². The monoisotopic (exact) mass is 434 g/mol. The van der Waals surface area contributed by atoms with Crippen LogP contribution >= 0.6 is 11.6 Å². The van der Waals surface area contributed by atoms with Crippen molar-refractivity contribution in [1.82, 2.24) is 0 Å². The summed E-state index contributed by atoms with van der Waals surface area (Å²) in [6, 6.07) is 11.8. The Balaban J connectivity index is 1.89. The molecule has 0 unspecified atom stereocenters. The molecular weight excluding hydrogens is 412 g/mol. The normalized spacial score (nSPS) is 28.6. The molecule has 1 heterocycles. The molecule has 1 fully saturated rings. The predicted molar refractivity (Wildman–Crippen MR) is 109 cm³/mol.